The van der Waals surface area contributed by atoms with Gasteiger partial charge in [0.1, 0.15) is 11.6 Å². The molecule has 1 aliphatic rings. The van der Waals surface area contributed by atoms with E-state index in [2.05, 4.69) is 0 Å². The lowest BCUT2D eigenvalue weighted by Crippen LogP contribution is -2.25. The maximum atomic E-state index is 13.2. The summed E-state index contributed by atoms with van der Waals surface area (Å²) in [7, 11) is -2.80. The number of carbonyl (C=O) groups is 2. The smallest absolute Gasteiger partial charge is 0.194 e. The van der Waals surface area contributed by atoms with E-state index in [4.69, 9.17) is 0 Å². The first-order chi connectivity index (χ1) is 10.5. The van der Waals surface area contributed by atoms with Gasteiger partial charge in [0, 0.05) is 43.9 Å². The van der Waals surface area contributed by atoms with Gasteiger partial charge < -0.3 is 0 Å². The molecule has 0 N–H and O–H groups in total. The molecule has 0 atom stereocenters. The average Bonchev–Trinajstić information content (AvgIpc) is 2.50. The van der Waals surface area contributed by atoms with Crippen molar-refractivity contribution in [3.8, 4) is 0 Å². The van der Waals surface area contributed by atoms with Crippen molar-refractivity contribution in [3.05, 3.63) is 22.5 Å². The molecule has 22 heavy (non-hydrogen) atoms. The van der Waals surface area contributed by atoms with Gasteiger partial charge in [-0.25, -0.2) is 4.67 Å². The molecule has 0 amide bonds. The Bertz CT molecular complexity index is 453. The van der Waals surface area contributed by atoms with Crippen LogP contribution in [0, 0.1) is 0 Å². The molecule has 7 heteroatoms. The summed E-state index contributed by atoms with van der Waals surface area (Å²) in [6.07, 6.45) is 1.73. The van der Waals surface area contributed by atoms with Gasteiger partial charge in [-0.3, -0.25) is 14.2 Å². The second-order valence-corrected chi connectivity index (χ2v) is 9.59. The van der Waals surface area contributed by atoms with Crippen LogP contribution < -0.4 is 0 Å². The fourth-order valence-electron chi connectivity index (χ4n) is 1.90. The zero-order chi connectivity index (χ0) is 16.4. The molecule has 0 radical (unpaired) electrons. The predicted molar refractivity (Wildman–Crippen MR) is 97.3 cm³/mol. The van der Waals surface area contributed by atoms with E-state index < -0.39 is 7.29 Å². The molecule has 1 heterocycles. The van der Waals surface area contributed by atoms with Crippen molar-refractivity contribution in [2.75, 3.05) is 18.2 Å². The van der Waals surface area contributed by atoms with Crippen LogP contribution in [0.5, 0.6) is 0 Å². The van der Waals surface area contributed by atoms with Gasteiger partial charge >= 0.3 is 0 Å². The SMILES string of the molecule is CCC(=O)CCN(CCC(=O)CC)P1(=O)C=CSCSC=C1. The molecule has 0 saturated heterocycles. The summed E-state index contributed by atoms with van der Waals surface area (Å²) in [5.41, 5.74) is 0. The lowest BCUT2D eigenvalue weighted by Gasteiger charge is -2.27. The summed E-state index contributed by atoms with van der Waals surface area (Å²) in [4.78, 5) is 23.2. The number of thioether (sulfide) groups is 2. The largest absolute Gasteiger partial charge is 0.300 e. The zero-order valence-corrected chi connectivity index (χ0v) is 15.7. The second kappa shape index (κ2) is 10.5. The third-order valence-corrected chi connectivity index (χ3v) is 7.99. The van der Waals surface area contributed by atoms with Crippen molar-refractivity contribution in [2.24, 2.45) is 0 Å². The van der Waals surface area contributed by atoms with Crippen LogP contribution in [0.3, 0.4) is 0 Å². The van der Waals surface area contributed by atoms with Crippen molar-refractivity contribution < 1.29 is 14.2 Å². The number of hydrogen-bond donors (Lipinski definition) is 0. The number of rotatable bonds is 9. The Labute approximate surface area is 141 Å². The molecule has 0 aromatic heterocycles. The van der Waals surface area contributed by atoms with E-state index in [0.29, 0.717) is 38.8 Å². The summed E-state index contributed by atoms with van der Waals surface area (Å²) >= 11 is 3.21. The lowest BCUT2D eigenvalue weighted by atomic mass is 10.2. The second-order valence-electron chi connectivity index (χ2n) is 4.93. The predicted octanol–water partition coefficient (Wildman–Crippen LogP) is 4.68. The molecule has 0 fully saturated rings. The van der Waals surface area contributed by atoms with Crippen LogP contribution in [0.25, 0.3) is 0 Å². The maximum Gasteiger partial charge on any atom is 0.194 e. The van der Waals surface area contributed by atoms with Crippen LogP contribution in [0.15, 0.2) is 22.5 Å². The van der Waals surface area contributed by atoms with Gasteiger partial charge in [-0.15, -0.1) is 23.5 Å². The highest BCUT2D eigenvalue weighted by atomic mass is 32.2. The summed E-state index contributed by atoms with van der Waals surface area (Å²) in [5, 5.41) is 4.64. The highest BCUT2D eigenvalue weighted by Crippen LogP contribution is 2.54. The van der Waals surface area contributed by atoms with Gasteiger partial charge in [0.05, 0.1) is 0 Å². The summed E-state index contributed by atoms with van der Waals surface area (Å²) in [5.74, 6) is 3.78. The first kappa shape index (κ1) is 19.8. The number of carbonyl (C=O) groups excluding carboxylic acids is 2. The van der Waals surface area contributed by atoms with Gasteiger partial charge in [0.15, 0.2) is 7.29 Å². The monoisotopic (exact) mass is 361 g/mol. The van der Waals surface area contributed by atoms with Crippen LogP contribution in [0.2, 0.25) is 0 Å². The molecule has 1 rings (SSSR count). The van der Waals surface area contributed by atoms with E-state index in [0.717, 1.165) is 5.08 Å². The van der Waals surface area contributed by atoms with Crippen LogP contribution in [-0.2, 0) is 14.2 Å². The minimum Gasteiger partial charge on any atom is -0.300 e. The normalized spacial score (nSPS) is 21.6. The summed E-state index contributed by atoms with van der Waals surface area (Å²) < 4.78 is 15.0. The minimum atomic E-state index is -2.80. The number of hydrogen-bond acceptors (Lipinski definition) is 5. The molecular weight excluding hydrogens is 337 g/mol. The van der Waals surface area contributed by atoms with Gasteiger partial charge in [0.25, 0.3) is 0 Å². The van der Waals surface area contributed by atoms with Crippen LogP contribution in [0.4, 0.5) is 0 Å². The molecule has 124 valence electrons. The maximum absolute atomic E-state index is 13.2. The molecule has 0 aliphatic carbocycles. The highest BCUT2D eigenvalue weighted by molar-refractivity contribution is 8.18. The Kier molecular flexibility index (Phi) is 9.41. The fourth-order valence-corrected chi connectivity index (χ4v) is 6.23. The van der Waals surface area contributed by atoms with Crippen molar-refractivity contribution in [1.29, 1.82) is 0 Å². The molecule has 0 bridgehead atoms. The van der Waals surface area contributed by atoms with Crippen LogP contribution in [0.1, 0.15) is 39.5 Å². The molecule has 0 spiro atoms. The molecule has 4 nitrogen and oxygen atoms in total. The molecule has 0 saturated carbocycles. The Morgan fingerprint density at radius 1 is 1.00 bits per heavy atom. The van der Waals surface area contributed by atoms with Gasteiger partial charge in [-0.2, -0.15) is 0 Å². The Hall–Kier alpha value is -0.290. The van der Waals surface area contributed by atoms with Crippen molar-refractivity contribution in [3.63, 3.8) is 0 Å². The van der Waals surface area contributed by atoms with E-state index in [9.17, 15) is 14.2 Å². The third kappa shape index (κ3) is 6.86. The standard InChI is InChI=1S/C15H24NO3PS2/c1-3-14(17)5-7-16(8-6-15(18)4-2)20(19)9-11-21-13-22-12-10-20/h9-12H,3-8,13H2,1-2H3. The van der Waals surface area contributed by atoms with Crippen molar-refractivity contribution in [1.82, 2.24) is 4.67 Å². The van der Waals surface area contributed by atoms with E-state index in [1.54, 1.807) is 35.2 Å². The van der Waals surface area contributed by atoms with Crippen LogP contribution in [-0.4, -0.2) is 34.4 Å². The average molecular weight is 361 g/mol. The van der Waals surface area contributed by atoms with E-state index in [1.807, 2.05) is 29.3 Å². The fraction of sp³-hybridized carbons (Fsp3) is 0.600. The first-order valence-corrected chi connectivity index (χ1v) is 11.4. The third-order valence-electron chi connectivity index (χ3n) is 3.41. The quantitative estimate of drug-likeness (QED) is 0.556. The van der Waals surface area contributed by atoms with Crippen molar-refractivity contribution >= 4 is 42.4 Å². The molecule has 0 aromatic rings. The molecule has 0 aromatic carbocycles. The van der Waals surface area contributed by atoms with Crippen LogP contribution >= 0.6 is 30.8 Å². The minimum absolute atomic E-state index is 0.155. The van der Waals surface area contributed by atoms with Gasteiger partial charge in [-0.1, -0.05) is 13.8 Å². The lowest BCUT2D eigenvalue weighted by molar-refractivity contribution is -0.119. The Morgan fingerprint density at radius 3 is 1.86 bits per heavy atom. The highest BCUT2D eigenvalue weighted by Gasteiger charge is 2.26. The van der Waals surface area contributed by atoms with E-state index >= 15 is 0 Å². The zero-order valence-electron chi connectivity index (χ0n) is 13.2. The number of Topliss-reactive ketones (excluding diaryl/α,β-unsaturated/α-hetero) is 2. The Balaban J connectivity index is 2.85. The summed E-state index contributed by atoms with van der Waals surface area (Å²) in [6.45, 7) is 4.53. The van der Waals surface area contributed by atoms with Crippen molar-refractivity contribution in [2.45, 2.75) is 39.5 Å². The van der Waals surface area contributed by atoms with Gasteiger partial charge in [-0.05, 0) is 22.5 Å². The number of nitrogens with zero attached hydrogens (tertiary/aromatic N) is 1. The summed E-state index contributed by atoms with van der Waals surface area (Å²) in [6, 6.07) is 0. The number of ketones is 2. The topological polar surface area (TPSA) is 54.5 Å². The molecule has 1 aliphatic heterocycles. The van der Waals surface area contributed by atoms with E-state index in [1.165, 1.54) is 0 Å². The molecular formula is C15H24NO3PS2. The molecule has 0 unspecified atom stereocenters. The first-order valence-electron chi connectivity index (χ1n) is 7.48. The van der Waals surface area contributed by atoms with E-state index in [-0.39, 0.29) is 11.6 Å². The van der Waals surface area contributed by atoms with Gasteiger partial charge in [0.2, 0.25) is 0 Å². The Morgan fingerprint density at radius 2 is 1.45 bits per heavy atom.